The zero-order valence-electron chi connectivity index (χ0n) is 17.2. The molecule has 0 aliphatic heterocycles. The van der Waals surface area contributed by atoms with E-state index in [1.165, 1.54) is 0 Å². The van der Waals surface area contributed by atoms with Crippen molar-refractivity contribution in [1.82, 2.24) is 9.78 Å². The number of hydrogen-bond donors (Lipinski definition) is 0. The van der Waals surface area contributed by atoms with Gasteiger partial charge in [0.15, 0.2) is 5.78 Å². The number of methoxy groups -OCH3 is 1. The summed E-state index contributed by atoms with van der Waals surface area (Å²) in [4.78, 5) is 12.6. The number of rotatable bonds is 7. The third kappa shape index (κ3) is 4.69. The molecule has 0 unspecified atom stereocenters. The van der Waals surface area contributed by atoms with E-state index in [0.29, 0.717) is 32.8 Å². The van der Waals surface area contributed by atoms with E-state index < -0.39 is 0 Å². The Morgan fingerprint density at radius 1 is 1.17 bits per heavy atom. The third-order valence-electron chi connectivity index (χ3n) is 4.79. The van der Waals surface area contributed by atoms with E-state index in [4.69, 9.17) is 32.7 Å². The highest BCUT2D eigenvalue weighted by molar-refractivity contribution is 6.42. The second-order valence-corrected chi connectivity index (χ2v) is 7.56. The molecule has 7 heteroatoms. The van der Waals surface area contributed by atoms with Crippen molar-refractivity contribution in [2.45, 2.75) is 20.5 Å². The van der Waals surface area contributed by atoms with Gasteiger partial charge in [0, 0.05) is 18.3 Å². The molecule has 0 aliphatic rings. The number of benzene rings is 2. The SMILES string of the molecule is COc1ccc(/C=C/C(=O)c2c(C)nn(C)c2C)cc1COc1cccc(Cl)c1Cl. The molecule has 0 N–H and O–H groups in total. The van der Waals surface area contributed by atoms with Crippen molar-refractivity contribution < 1.29 is 14.3 Å². The van der Waals surface area contributed by atoms with Crippen molar-refractivity contribution in [1.29, 1.82) is 0 Å². The average Bonchev–Trinajstić information content (AvgIpc) is 2.98. The third-order valence-corrected chi connectivity index (χ3v) is 5.59. The summed E-state index contributed by atoms with van der Waals surface area (Å²) in [7, 11) is 3.42. The van der Waals surface area contributed by atoms with Gasteiger partial charge in [-0.2, -0.15) is 5.10 Å². The van der Waals surface area contributed by atoms with Crippen molar-refractivity contribution in [3.05, 3.63) is 80.6 Å². The van der Waals surface area contributed by atoms with Crippen LogP contribution in [-0.4, -0.2) is 22.7 Å². The van der Waals surface area contributed by atoms with Crippen LogP contribution in [0.2, 0.25) is 10.0 Å². The normalized spacial score (nSPS) is 11.1. The molecule has 156 valence electrons. The van der Waals surface area contributed by atoms with Gasteiger partial charge < -0.3 is 9.47 Å². The Kier molecular flexibility index (Phi) is 6.85. The first-order chi connectivity index (χ1) is 14.3. The summed E-state index contributed by atoms with van der Waals surface area (Å²) in [5.74, 6) is 1.08. The van der Waals surface area contributed by atoms with E-state index >= 15 is 0 Å². The number of allylic oxidation sites excluding steroid dienone is 1. The molecule has 5 nitrogen and oxygen atoms in total. The lowest BCUT2D eigenvalue weighted by molar-refractivity contribution is 0.104. The lowest BCUT2D eigenvalue weighted by atomic mass is 10.1. The Bertz CT molecular complexity index is 1120. The fourth-order valence-corrected chi connectivity index (χ4v) is 3.50. The maximum Gasteiger partial charge on any atom is 0.189 e. The van der Waals surface area contributed by atoms with E-state index in [1.807, 2.05) is 39.1 Å². The average molecular weight is 445 g/mol. The quantitative estimate of drug-likeness (QED) is 0.339. The second kappa shape index (κ2) is 9.37. The lowest BCUT2D eigenvalue weighted by Crippen LogP contribution is -2.01. The van der Waals surface area contributed by atoms with Crippen molar-refractivity contribution in [3.8, 4) is 11.5 Å². The Hall–Kier alpha value is -2.76. The van der Waals surface area contributed by atoms with E-state index in [1.54, 1.807) is 42.1 Å². The molecular weight excluding hydrogens is 423 g/mol. The summed E-state index contributed by atoms with van der Waals surface area (Å²) < 4.78 is 13.0. The zero-order valence-corrected chi connectivity index (χ0v) is 18.7. The molecule has 1 aromatic heterocycles. The van der Waals surface area contributed by atoms with Gasteiger partial charge in [-0.25, -0.2) is 0 Å². The Morgan fingerprint density at radius 3 is 2.60 bits per heavy atom. The molecule has 3 rings (SSSR count). The smallest absolute Gasteiger partial charge is 0.189 e. The number of carbonyl (C=O) groups is 1. The van der Waals surface area contributed by atoms with Gasteiger partial charge in [0.25, 0.3) is 0 Å². The number of nitrogens with zero attached hydrogens (tertiary/aromatic N) is 2. The van der Waals surface area contributed by atoms with Crippen LogP contribution in [0, 0.1) is 13.8 Å². The standard InChI is InChI=1S/C23H22Cl2N2O3/c1-14-22(15(2)27(3)26-14)19(28)10-8-16-9-11-20(29-4)17(12-16)13-30-21-7-5-6-18(24)23(21)25/h5-12H,13H2,1-4H3/b10-8+. The first kappa shape index (κ1) is 21.9. The van der Waals surface area contributed by atoms with Gasteiger partial charge in [-0.1, -0.05) is 41.4 Å². The summed E-state index contributed by atoms with van der Waals surface area (Å²) in [6.45, 7) is 3.95. The Labute approximate surface area is 185 Å². The van der Waals surface area contributed by atoms with Crippen molar-refractivity contribution in [2.75, 3.05) is 7.11 Å². The molecule has 0 bridgehead atoms. The highest BCUT2D eigenvalue weighted by atomic mass is 35.5. The Morgan fingerprint density at radius 2 is 1.93 bits per heavy atom. The van der Waals surface area contributed by atoms with Gasteiger partial charge in [0.1, 0.15) is 23.1 Å². The number of ketones is 1. The molecule has 0 saturated carbocycles. The fourth-order valence-electron chi connectivity index (χ4n) is 3.15. The predicted molar refractivity (Wildman–Crippen MR) is 120 cm³/mol. The van der Waals surface area contributed by atoms with Gasteiger partial charge in [0.2, 0.25) is 0 Å². The van der Waals surface area contributed by atoms with Crippen LogP contribution in [0.4, 0.5) is 0 Å². The van der Waals surface area contributed by atoms with Gasteiger partial charge >= 0.3 is 0 Å². The molecule has 30 heavy (non-hydrogen) atoms. The van der Waals surface area contributed by atoms with Crippen LogP contribution < -0.4 is 9.47 Å². The van der Waals surface area contributed by atoms with Gasteiger partial charge in [-0.3, -0.25) is 9.48 Å². The highest BCUT2D eigenvalue weighted by Gasteiger charge is 2.15. The van der Waals surface area contributed by atoms with E-state index in [-0.39, 0.29) is 12.4 Å². The minimum atomic E-state index is -0.0857. The van der Waals surface area contributed by atoms with Crippen LogP contribution in [0.25, 0.3) is 6.08 Å². The molecule has 0 spiro atoms. The minimum Gasteiger partial charge on any atom is -0.496 e. The van der Waals surface area contributed by atoms with Crippen LogP contribution in [-0.2, 0) is 13.7 Å². The number of ether oxygens (including phenoxy) is 2. The maximum absolute atomic E-state index is 12.6. The van der Waals surface area contributed by atoms with Crippen molar-refractivity contribution in [3.63, 3.8) is 0 Å². The van der Waals surface area contributed by atoms with Crippen molar-refractivity contribution in [2.24, 2.45) is 7.05 Å². The maximum atomic E-state index is 12.6. The van der Waals surface area contributed by atoms with Crippen LogP contribution in [0.1, 0.15) is 32.9 Å². The fraction of sp³-hybridized carbons (Fsp3) is 0.217. The first-order valence-corrected chi connectivity index (χ1v) is 10.0. The predicted octanol–water partition coefficient (Wildman–Crippen LogP) is 5.83. The molecular formula is C23H22Cl2N2O3. The molecule has 3 aromatic rings. The largest absolute Gasteiger partial charge is 0.496 e. The molecule has 0 radical (unpaired) electrons. The summed E-state index contributed by atoms with van der Waals surface area (Å²) in [6.07, 6.45) is 3.32. The van der Waals surface area contributed by atoms with Crippen molar-refractivity contribution >= 4 is 35.1 Å². The van der Waals surface area contributed by atoms with Crippen LogP contribution in [0.5, 0.6) is 11.5 Å². The summed E-state index contributed by atoms with van der Waals surface area (Å²) in [5, 5.41) is 5.09. The summed E-state index contributed by atoms with van der Waals surface area (Å²) >= 11 is 12.2. The molecule has 0 saturated heterocycles. The number of halogens is 2. The number of aryl methyl sites for hydroxylation is 2. The van der Waals surface area contributed by atoms with E-state index in [9.17, 15) is 4.79 Å². The van der Waals surface area contributed by atoms with E-state index in [2.05, 4.69) is 5.10 Å². The van der Waals surface area contributed by atoms with Crippen LogP contribution in [0.3, 0.4) is 0 Å². The summed E-state index contributed by atoms with van der Waals surface area (Å²) in [5.41, 5.74) is 3.84. The molecule has 0 amide bonds. The monoisotopic (exact) mass is 444 g/mol. The number of hydrogen-bond acceptors (Lipinski definition) is 4. The van der Waals surface area contributed by atoms with Gasteiger partial charge in [0.05, 0.1) is 23.4 Å². The lowest BCUT2D eigenvalue weighted by Gasteiger charge is -2.12. The van der Waals surface area contributed by atoms with Crippen LogP contribution >= 0.6 is 23.2 Å². The second-order valence-electron chi connectivity index (χ2n) is 6.78. The summed E-state index contributed by atoms with van der Waals surface area (Å²) in [6, 6.07) is 10.8. The highest BCUT2D eigenvalue weighted by Crippen LogP contribution is 2.32. The molecule has 0 fully saturated rings. The Balaban J connectivity index is 1.81. The number of aromatic nitrogens is 2. The zero-order chi connectivity index (χ0) is 21.8. The molecule has 0 aliphatic carbocycles. The minimum absolute atomic E-state index is 0.0857. The van der Waals surface area contributed by atoms with E-state index in [0.717, 1.165) is 16.8 Å². The first-order valence-electron chi connectivity index (χ1n) is 9.28. The molecule has 0 atom stereocenters. The number of carbonyl (C=O) groups excluding carboxylic acids is 1. The topological polar surface area (TPSA) is 53.3 Å². The van der Waals surface area contributed by atoms with Gasteiger partial charge in [-0.15, -0.1) is 0 Å². The van der Waals surface area contributed by atoms with Crippen LogP contribution in [0.15, 0.2) is 42.5 Å². The molecule has 2 aromatic carbocycles. The van der Waals surface area contributed by atoms with Gasteiger partial charge in [-0.05, 0) is 49.8 Å². The molecule has 1 heterocycles.